The van der Waals surface area contributed by atoms with E-state index in [1.165, 1.54) is 4.90 Å². The average molecular weight is 610 g/mol. The minimum Gasteiger partial charge on any atom is -0.456 e. The van der Waals surface area contributed by atoms with Crippen LogP contribution in [0.4, 0.5) is 0 Å². The van der Waals surface area contributed by atoms with E-state index in [2.05, 4.69) is 19.1 Å². The number of fused-ring (bicyclic) bond motifs is 3. The molecule has 0 aromatic heterocycles. The van der Waals surface area contributed by atoms with Crippen LogP contribution in [0, 0.1) is 23.7 Å². The largest absolute Gasteiger partial charge is 0.456 e. The van der Waals surface area contributed by atoms with Gasteiger partial charge in [0.05, 0.1) is 12.2 Å². The molecule has 3 heterocycles. The van der Waals surface area contributed by atoms with Crippen LogP contribution in [0.3, 0.4) is 0 Å². The lowest BCUT2D eigenvalue weighted by Gasteiger charge is -2.44. The zero-order chi connectivity index (χ0) is 31.9. The number of ketones is 1. The van der Waals surface area contributed by atoms with Crippen molar-refractivity contribution in [2.75, 3.05) is 6.54 Å². The molecule has 3 aliphatic rings. The number of carbonyl (C=O) groups excluding carboxylic acids is 3. The fraction of sp³-hybridized carbons (Fsp3) is 0.639. The van der Waals surface area contributed by atoms with Crippen molar-refractivity contribution in [1.29, 1.82) is 0 Å². The maximum absolute atomic E-state index is 13.8. The molecule has 0 aliphatic carbocycles. The van der Waals surface area contributed by atoms with Crippen molar-refractivity contribution in [3.63, 3.8) is 0 Å². The van der Waals surface area contributed by atoms with E-state index < -0.39 is 53.7 Å². The minimum atomic E-state index is -2.33. The number of benzene rings is 1. The number of hydrogen-bond donors (Lipinski definition) is 2. The van der Waals surface area contributed by atoms with Gasteiger partial charge in [-0.25, -0.2) is 4.79 Å². The first-order chi connectivity index (χ1) is 21.1. The number of hydrogen-bond acceptors (Lipinski definition) is 7. The summed E-state index contributed by atoms with van der Waals surface area (Å²) in [7, 11) is 0. The Hall–Kier alpha value is -2.81. The van der Waals surface area contributed by atoms with Crippen molar-refractivity contribution >= 4 is 17.7 Å². The van der Waals surface area contributed by atoms with E-state index in [4.69, 9.17) is 9.47 Å². The van der Waals surface area contributed by atoms with E-state index in [9.17, 15) is 24.6 Å². The van der Waals surface area contributed by atoms with E-state index in [0.717, 1.165) is 24.8 Å². The first kappa shape index (κ1) is 34.1. The molecule has 44 heavy (non-hydrogen) atoms. The highest BCUT2D eigenvalue weighted by atomic mass is 16.6. The summed E-state index contributed by atoms with van der Waals surface area (Å²) in [5.41, 5.74) is 1.15. The third kappa shape index (κ3) is 7.88. The Bertz CT molecular complexity index is 1180. The molecule has 9 atom stereocenters. The fourth-order valence-electron chi connectivity index (χ4n) is 6.86. The molecular formula is C36H51NO7. The van der Waals surface area contributed by atoms with Gasteiger partial charge in [-0.05, 0) is 75.3 Å². The maximum Gasteiger partial charge on any atom is 0.329 e. The van der Waals surface area contributed by atoms with E-state index in [1.807, 2.05) is 56.4 Å². The van der Waals surface area contributed by atoms with Crippen molar-refractivity contribution in [1.82, 2.24) is 4.90 Å². The van der Waals surface area contributed by atoms with Crippen molar-refractivity contribution in [3.8, 4) is 0 Å². The number of rotatable bonds is 4. The van der Waals surface area contributed by atoms with Gasteiger partial charge in [-0.3, -0.25) is 9.59 Å². The summed E-state index contributed by atoms with van der Waals surface area (Å²) in [5.74, 6) is -5.91. The second kappa shape index (κ2) is 15.5. The van der Waals surface area contributed by atoms with Gasteiger partial charge in [0.1, 0.15) is 12.1 Å². The molecule has 0 spiro atoms. The second-order valence-corrected chi connectivity index (χ2v) is 13.1. The van der Waals surface area contributed by atoms with Gasteiger partial charge in [0.25, 0.3) is 11.7 Å². The summed E-state index contributed by atoms with van der Waals surface area (Å²) in [6, 6.07) is 9.17. The lowest BCUT2D eigenvalue weighted by Crippen LogP contribution is -2.61. The summed E-state index contributed by atoms with van der Waals surface area (Å²) in [6.07, 6.45) is 11.7. The van der Waals surface area contributed by atoms with Crippen LogP contribution >= 0.6 is 0 Å². The van der Waals surface area contributed by atoms with Gasteiger partial charge >= 0.3 is 5.97 Å². The number of amides is 1. The number of esters is 1. The summed E-state index contributed by atoms with van der Waals surface area (Å²) >= 11 is 0. The highest BCUT2D eigenvalue weighted by Gasteiger charge is 2.53. The van der Waals surface area contributed by atoms with Crippen LogP contribution in [-0.2, 0) is 30.3 Å². The number of nitrogens with zero attached hydrogens (tertiary/aromatic N) is 1. The fourth-order valence-corrected chi connectivity index (χ4v) is 6.86. The molecule has 0 unspecified atom stereocenters. The molecule has 1 amide bonds. The van der Waals surface area contributed by atoms with Gasteiger partial charge in [0.2, 0.25) is 5.79 Å². The Morgan fingerprint density at radius 3 is 2.48 bits per heavy atom. The lowest BCUT2D eigenvalue weighted by molar-refractivity contribution is -0.274. The number of cyclic esters (lactones) is 1. The Balaban J connectivity index is 1.66. The van der Waals surface area contributed by atoms with Gasteiger partial charge in [0.15, 0.2) is 0 Å². The average Bonchev–Trinajstić information content (AvgIpc) is 3.04. The van der Waals surface area contributed by atoms with Crippen LogP contribution in [0.25, 0.3) is 0 Å². The molecule has 8 nitrogen and oxygen atoms in total. The number of piperidine rings is 1. The van der Waals surface area contributed by atoms with Crippen LogP contribution in [0.1, 0.15) is 84.6 Å². The smallest absolute Gasteiger partial charge is 0.329 e. The monoisotopic (exact) mass is 609 g/mol. The molecule has 242 valence electrons. The normalized spacial score (nSPS) is 36.6. The Kier molecular flexibility index (Phi) is 12.0. The van der Waals surface area contributed by atoms with Crippen LogP contribution in [0.5, 0.6) is 0 Å². The van der Waals surface area contributed by atoms with Crippen LogP contribution in [0.15, 0.2) is 54.6 Å². The van der Waals surface area contributed by atoms with E-state index in [-0.39, 0.29) is 24.3 Å². The van der Waals surface area contributed by atoms with Gasteiger partial charge in [0, 0.05) is 24.3 Å². The van der Waals surface area contributed by atoms with E-state index in [1.54, 1.807) is 6.92 Å². The van der Waals surface area contributed by atoms with E-state index in [0.29, 0.717) is 38.5 Å². The molecule has 0 saturated carbocycles. The Labute approximate surface area is 262 Å². The summed E-state index contributed by atoms with van der Waals surface area (Å²) < 4.78 is 12.2. The molecule has 0 radical (unpaired) electrons. The number of carbonyl (C=O) groups is 3. The molecular weight excluding hydrogens is 558 g/mol. The zero-order valence-electron chi connectivity index (χ0n) is 26.8. The van der Waals surface area contributed by atoms with Crippen LogP contribution in [0.2, 0.25) is 0 Å². The van der Waals surface area contributed by atoms with Gasteiger partial charge in [-0.15, -0.1) is 0 Å². The molecule has 4 rings (SSSR count). The maximum atomic E-state index is 13.8. The van der Waals surface area contributed by atoms with Gasteiger partial charge in [-0.1, -0.05) is 76.3 Å². The van der Waals surface area contributed by atoms with Gasteiger partial charge in [-0.2, -0.15) is 0 Å². The quantitative estimate of drug-likeness (QED) is 0.275. The highest BCUT2D eigenvalue weighted by molar-refractivity contribution is 6.39. The van der Waals surface area contributed by atoms with Crippen molar-refractivity contribution in [2.24, 2.45) is 23.7 Å². The third-order valence-corrected chi connectivity index (χ3v) is 10.0. The van der Waals surface area contributed by atoms with Gasteiger partial charge < -0.3 is 24.6 Å². The number of aliphatic hydroxyl groups excluding tert-OH is 1. The number of allylic oxidation sites excluding steroid dienone is 3. The molecule has 2 fully saturated rings. The minimum absolute atomic E-state index is 0.0100. The van der Waals surface area contributed by atoms with Crippen molar-refractivity contribution < 1.29 is 34.1 Å². The summed E-state index contributed by atoms with van der Waals surface area (Å²) in [6.45, 7) is 7.82. The third-order valence-electron chi connectivity index (χ3n) is 10.0. The van der Waals surface area contributed by atoms with Crippen molar-refractivity contribution in [3.05, 3.63) is 60.2 Å². The molecule has 3 aliphatic heterocycles. The van der Waals surface area contributed by atoms with Crippen LogP contribution < -0.4 is 0 Å². The summed E-state index contributed by atoms with van der Waals surface area (Å²) in [5, 5.41) is 22.8. The molecule has 1 aromatic carbocycles. The first-order valence-corrected chi connectivity index (χ1v) is 16.6. The predicted molar refractivity (Wildman–Crippen MR) is 168 cm³/mol. The number of Topliss-reactive ketones (excluding diaryl/α,β-unsaturated/α-hetero) is 1. The lowest BCUT2D eigenvalue weighted by atomic mass is 9.80. The number of aliphatic hydroxyl groups is 2. The molecule has 2 saturated heterocycles. The highest BCUT2D eigenvalue weighted by Crippen LogP contribution is 2.38. The zero-order valence-corrected chi connectivity index (χ0v) is 26.8. The number of ether oxygens (including phenoxy) is 2. The van der Waals surface area contributed by atoms with E-state index >= 15 is 0 Å². The predicted octanol–water partition coefficient (Wildman–Crippen LogP) is 5.16. The molecule has 2 N–H and O–H groups in total. The molecule has 8 heteroatoms. The van der Waals surface area contributed by atoms with Crippen molar-refractivity contribution in [2.45, 2.75) is 116 Å². The summed E-state index contributed by atoms with van der Waals surface area (Å²) in [4.78, 5) is 42.6. The molecule has 1 aromatic rings. The Morgan fingerprint density at radius 1 is 1.00 bits per heavy atom. The Morgan fingerprint density at radius 2 is 1.75 bits per heavy atom. The van der Waals surface area contributed by atoms with Crippen LogP contribution in [-0.4, -0.2) is 69.5 Å². The first-order valence-electron chi connectivity index (χ1n) is 16.6. The molecule has 2 bridgehead atoms. The second-order valence-electron chi connectivity index (χ2n) is 13.1. The SMILES string of the molecule is CC[C@H](Cc1ccccc1)[C@@H]1/C=C/C/C=C/C[C@@H](C)[C@H](O)[C@@H](C)[C@@H]2CC[C@@H](C)[C@@](O)(O2)C(=O)C(=O)N2CCCC[C@H]2C(=O)O1. The standard InChI is InChI=1S/C36H51NO7/c1-5-28(23-27-16-10-8-11-17-27)31-19-12-7-6-9-15-24(2)32(38)26(4)30-21-20-25(3)36(42,44-30)33(39)34(40)37-22-14-13-18-29(37)35(41)43-31/h6,8-12,16-17,19,24-26,28-32,38,42H,5,7,13-15,18,20-23H2,1-4H3/b9-6+,19-12+/t24-,25-,26+,28-,29+,30+,31+,32+,36-/m1/s1. The topological polar surface area (TPSA) is 113 Å².